The van der Waals surface area contributed by atoms with Crippen molar-refractivity contribution in [2.75, 3.05) is 26.3 Å². The Morgan fingerprint density at radius 2 is 1.74 bits per heavy atom. The molecule has 1 aromatic rings. The van der Waals surface area contributed by atoms with Crippen LogP contribution in [-0.4, -0.2) is 42.4 Å². The van der Waals surface area contributed by atoms with Gasteiger partial charge in [-0.15, -0.1) is 0 Å². The number of rotatable bonds is 11. The Bertz CT molecular complexity index is 431. The minimum absolute atomic E-state index is 0.421. The summed E-state index contributed by atoms with van der Waals surface area (Å²) in [5, 5.41) is 10.3. The van der Waals surface area contributed by atoms with E-state index in [0.717, 1.165) is 19.5 Å². The van der Waals surface area contributed by atoms with Gasteiger partial charge in [-0.1, -0.05) is 52.0 Å². The van der Waals surface area contributed by atoms with Crippen LogP contribution in [0, 0.1) is 18.8 Å². The summed E-state index contributed by atoms with van der Waals surface area (Å²) in [6, 6.07) is 8.49. The maximum atomic E-state index is 10.3. The molecule has 1 aromatic carbocycles. The van der Waals surface area contributed by atoms with E-state index < -0.39 is 6.10 Å². The van der Waals surface area contributed by atoms with Gasteiger partial charge in [-0.3, -0.25) is 4.90 Å². The molecule has 0 radical (unpaired) electrons. The maximum absolute atomic E-state index is 10.3. The second-order valence-electron chi connectivity index (χ2n) is 7.43. The fourth-order valence-corrected chi connectivity index (χ4v) is 2.49. The molecule has 3 heteroatoms. The molecule has 0 heterocycles. The van der Waals surface area contributed by atoms with E-state index in [2.05, 4.69) is 63.8 Å². The molecule has 0 aliphatic rings. The Labute approximate surface area is 142 Å². The summed E-state index contributed by atoms with van der Waals surface area (Å²) in [6.45, 7) is 14.6. The molecule has 1 atom stereocenters. The first-order valence-corrected chi connectivity index (χ1v) is 8.91. The van der Waals surface area contributed by atoms with Gasteiger partial charge in [0.15, 0.2) is 0 Å². The third-order valence-electron chi connectivity index (χ3n) is 3.91. The van der Waals surface area contributed by atoms with Crippen LogP contribution in [0.3, 0.4) is 0 Å². The minimum Gasteiger partial charge on any atom is -0.389 e. The van der Waals surface area contributed by atoms with Crippen molar-refractivity contribution in [3.05, 3.63) is 35.4 Å². The summed E-state index contributed by atoms with van der Waals surface area (Å²) in [6.07, 6.45) is 0.718. The fourth-order valence-electron chi connectivity index (χ4n) is 2.49. The number of aliphatic hydroxyl groups is 1. The lowest BCUT2D eigenvalue weighted by molar-refractivity contribution is 0.00625. The number of nitrogens with zero attached hydrogens (tertiary/aromatic N) is 1. The van der Waals surface area contributed by atoms with Crippen LogP contribution in [0.2, 0.25) is 0 Å². The molecule has 0 amide bonds. The van der Waals surface area contributed by atoms with E-state index in [0.29, 0.717) is 31.6 Å². The van der Waals surface area contributed by atoms with Crippen LogP contribution in [0.15, 0.2) is 24.3 Å². The standard InChI is InChI=1S/C20H35NO2/c1-16(2)10-11-21(12-19-9-7-6-8-18(19)5)13-20(22)15-23-14-17(3)4/h6-9,16-17,20,22H,10-15H2,1-5H3. The van der Waals surface area contributed by atoms with E-state index in [-0.39, 0.29) is 0 Å². The highest BCUT2D eigenvalue weighted by Gasteiger charge is 2.14. The van der Waals surface area contributed by atoms with Crippen molar-refractivity contribution in [1.82, 2.24) is 4.90 Å². The molecule has 0 aliphatic heterocycles. The summed E-state index contributed by atoms with van der Waals surface area (Å²) in [4.78, 5) is 2.35. The molecule has 132 valence electrons. The van der Waals surface area contributed by atoms with Gasteiger partial charge >= 0.3 is 0 Å². The number of ether oxygens (including phenoxy) is 1. The second-order valence-corrected chi connectivity index (χ2v) is 7.43. The quantitative estimate of drug-likeness (QED) is 0.671. The predicted octanol–water partition coefficient (Wildman–Crippen LogP) is 3.88. The molecule has 1 rings (SSSR count). The van der Waals surface area contributed by atoms with E-state index in [9.17, 15) is 5.11 Å². The van der Waals surface area contributed by atoms with Gasteiger partial charge in [0.1, 0.15) is 0 Å². The Kier molecular flexibility index (Phi) is 9.46. The van der Waals surface area contributed by atoms with Crippen molar-refractivity contribution in [3.63, 3.8) is 0 Å². The van der Waals surface area contributed by atoms with Crippen molar-refractivity contribution in [3.8, 4) is 0 Å². The van der Waals surface area contributed by atoms with Crippen LogP contribution in [-0.2, 0) is 11.3 Å². The topological polar surface area (TPSA) is 32.7 Å². The largest absolute Gasteiger partial charge is 0.389 e. The first-order valence-electron chi connectivity index (χ1n) is 8.91. The summed E-state index contributed by atoms with van der Waals surface area (Å²) in [5.41, 5.74) is 2.65. The molecule has 0 fully saturated rings. The van der Waals surface area contributed by atoms with E-state index in [4.69, 9.17) is 4.74 Å². The van der Waals surface area contributed by atoms with Crippen molar-refractivity contribution >= 4 is 0 Å². The normalized spacial score (nSPS) is 13.3. The molecular formula is C20H35NO2. The highest BCUT2D eigenvalue weighted by molar-refractivity contribution is 5.25. The van der Waals surface area contributed by atoms with Gasteiger partial charge in [0.05, 0.1) is 12.7 Å². The van der Waals surface area contributed by atoms with Crippen molar-refractivity contribution in [2.45, 2.75) is 53.7 Å². The Morgan fingerprint density at radius 3 is 2.35 bits per heavy atom. The zero-order chi connectivity index (χ0) is 17.2. The number of aryl methyl sites for hydroxylation is 1. The highest BCUT2D eigenvalue weighted by Crippen LogP contribution is 2.13. The summed E-state index contributed by atoms with van der Waals surface area (Å²) in [5.74, 6) is 1.18. The minimum atomic E-state index is -0.426. The van der Waals surface area contributed by atoms with Crippen molar-refractivity contribution < 1.29 is 9.84 Å². The second kappa shape index (κ2) is 10.8. The van der Waals surface area contributed by atoms with Gasteiger partial charge in [-0.05, 0) is 42.9 Å². The lowest BCUT2D eigenvalue weighted by Gasteiger charge is -2.26. The molecule has 0 saturated heterocycles. The summed E-state index contributed by atoms with van der Waals surface area (Å²) < 4.78 is 5.58. The number of hydrogen-bond acceptors (Lipinski definition) is 3. The monoisotopic (exact) mass is 321 g/mol. The van der Waals surface area contributed by atoms with Crippen LogP contribution in [0.4, 0.5) is 0 Å². The zero-order valence-electron chi connectivity index (χ0n) is 15.6. The smallest absolute Gasteiger partial charge is 0.0900 e. The third-order valence-corrected chi connectivity index (χ3v) is 3.91. The Balaban J connectivity index is 2.56. The lowest BCUT2D eigenvalue weighted by atomic mass is 10.1. The van der Waals surface area contributed by atoms with E-state index in [1.54, 1.807) is 0 Å². The molecule has 0 aromatic heterocycles. The average molecular weight is 322 g/mol. The maximum Gasteiger partial charge on any atom is 0.0900 e. The predicted molar refractivity (Wildman–Crippen MR) is 97.6 cm³/mol. The highest BCUT2D eigenvalue weighted by atomic mass is 16.5. The molecular weight excluding hydrogens is 286 g/mol. The van der Waals surface area contributed by atoms with E-state index in [1.165, 1.54) is 11.1 Å². The lowest BCUT2D eigenvalue weighted by Crippen LogP contribution is -2.36. The fraction of sp³-hybridized carbons (Fsp3) is 0.700. The van der Waals surface area contributed by atoms with E-state index >= 15 is 0 Å². The first-order chi connectivity index (χ1) is 10.9. The summed E-state index contributed by atoms with van der Waals surface area (Å²) >= 11 is 0. The van der Waals surface area contributed by atoms with Crippen LogP contribution in [0.5, 0.6) is 0 Å². The molecule has 23 heavy (non-hydrogen) atoms. The van der Waals surface area contributed by atoms with Gasteiger partial charge in [0.25, 0.3) is 0 Å². The average Bonchev–Trinajstić information content (AvgIpc) is 2.46. The van der Waals surface area contributed by atoms with Crippen LogP contribution in [0.25, 0.3) is 0 Å². The van der Waals surface area contributed by atoms with Crippen molar-refractivity contribution in [2.24, 2.45) is 11.8 Å². The Morgan fingerprint density at radius 1 is 1.04 bits per heavy atom. The van der Waals surface area contributed by atoms with Crippen LogP contribution < -0.4 is 0 Å². The SMILES string of the molecule is Cc1ccccc1CN(CCC(C)C)CC(O)COCC(C)C. The van der Waals surface area contributed by atoms with Gasteiger partial charge in [-0.2, -0.15) is 0 Å². The molecule has 0 aliphatic carbocycles. The van der Waals surface area contributed by atoms with Gasteiger partial charge < -0.3 is 9.84 Å². The molecule has 3 nitrogen and oxygen atoms in total. The van der Waals surface area contributed by atoms with Crippen molar-refractivity contribution in [1.29, 1.82) is 0 Å². The number of aliphatic hydroxyl groups excluding tert-OH is 1. The number of hydrogen-bond donors (Lipinski definition) is 1. The molecule has 1 unspecified atom stereocenters. The molecule has 0 bridgehead atoms. The third kappa shape index (κ3) is 9.09. The Hall–Kier alpha value is -0.900. The molecule has 1 N–H and O–H groups in total. The number of benzene rings is 1. The van der Waals surface area contributed by atoms with Gasteiger partial charge in [0.2, 0.25) is 0 Å². The zero-order valence-corrected chi connectivity index (χ0v) is 15.6. The first kappa shape index (κ1) is 20.1. The molecule has 0 spiro atoms. The van der Waals surface area contributed by atoms with Crippen LogP contribution >= 0.6 is 0 Å². The van der Waals surface area contributed by atoms with Gasteiger partial charge in [-0.25, -0.2) is 0 Å². The van der Waals surface area contributed by atoms with Gasteiger partial charge in [0, 0.05) is 19.7 Å². The van der Waals surface area contributed by atoms with E-state index in [1.807, 2.05) is 0 Å². The molecule has 0 saturated carbocycles. The summed E-state index contributed by atoms with van der Waals surface area (Å²) in [7, 11) is 0. The van der Waals surface area contributed by atoms with Crippen LogP contribution in [0.1, 0.15) is 45.2 Å².